The molecule has 0 radical (unpaired) electrons. The SMILES string of the molecule is CCN(CCO[Si](C)(C)C(C)(C)C)C(=O)C(F)(F)F. The normalized spacial score (nSPS) is 13.5. The van der Waals surface area contributed by atoms with Crippen molar-refractivity contribution in [2.24, 2.45) is 0 Å². The molecule has 7 heteroatoms. The van der Waals surface area contributed by atoms with Crippen LogP contribution >= 0.6 is 0 Å². The third-order valence-corrected chi connectivity index (χ3v) is 8.08. The number of hydrogen-bond acceptors (Lipinski definition) is 2. The average molecular weight is 299 g/mol. The smallest absolute Gasteiger partial charge is 0.415 e. The molecule has 0 aromatic heterocycles. The summed E-state index contributed by atoms with van der Waals surface area (Å²) in [6.07, 6.45) is -4.81. The lowest BCUT2D eigenvalue weighted by Gasteiger charge is -2.36. The summed E-state index contributed by atoms with van der Waals surface area (Å²) in [4.78, 5) is 11.9. The largest absolute Gasteiger partial charge is 0.471 e. The van der Waals surface area contributed by atoms with Gasteiger partial charge in [0.1, 0.15) is 0 Å². The van der Waals surface area contributed by atoms with Gasteiger partial charge in [0.05, 0.1) is 6.61 Å². The van der Waals surface area contributed by atoms with Gasteiger partial charge in [0.15, 0.2) is 8.32 Å². The van der Waals surface area contributed by atoms with Gasteiger partial charge in [-0.25, -0.2) is 0 Å². The molecule has 0 aliphatic carbocycles. The molecule has 3 nitrogen and oxygen atoms in total. The molecule has 0 aliphatic rings. The van der Waals surface area contributed by atoms with Crippen LogP contribution in [0.15, 0.2) is 0 Å². The second kappa shape index (κ2) is 6.26. The summed E-state index contributed by atoms with van der Waals surface area (Å²) >= 11 is 0. The first-order chi connectivity index (χ1) is 8.33. The number of hydrogen-bond donors (Lipinski definition) is 0. The van der Waals surface area contributed by atoms with Gasteiger partial charge < -0.3 is 9.33 Å². The molecular weight excluding hydrogens is 275 g/mol. The monoisotopic (exact) mass is 299 g/mol. The van der Waals surface area contributed by atoms with Gasteiger partial charge in [-0.05, 0) is 25.1 Å². The molecule has 19 heavy (non-hydrogen) atoms. The van der Waals surface area contributed by atoms with Gasteiger partial charge in [0.2, 0.25) is 0 Å². The molecule has 0 N–H and O–H groups in total. The molecule has 0 aliphatic heterocycles. The summed E-state index contributed by atoms with van der Waals surface area (Å²) < 4.78 is 42.7. The Morgan fingerprint density at radius 1 is 1.21 bits per heavy atom. The summed E-state index contributed by atoms with van der Waals surface area (Å²) in [5.41, 5.74) is 0. The number of halogens is 3. The molecule has 114 valence electrons. The van der Waals surface area contributed by atoms with E-state index in [4.69, 9.17) is 4.43 Å². The molecule has 0 rings (SSSR count). The van der Waals surface area contributed by atoms with Crippen LogP contribution in [0, 0.1) is 0 Å². The molecule has 1 amide bonds. The highest BCUT2D eigenvalue weighted by atomic mass is 28.4. The second-order valence-electron chi connectivity index (χ2n) is 5.99. The lowest BCUT2D eigenvalue weighted by molar-refractivity contribution is -0.185. The van der Waals surface area contributed by atoms with Gasteiger partial charge >= 0.3 is 12.1 Å². The van der Waals surface area contributed by atoms with Crippen LogP contribution in [-0.2, 0) is 9.22 Å². The van der Waals surface area contributed by atoms with Gasteiger partial charge in [-0.2, -0.15) is 13.2 Å². The lowest BCUT2D eigenvalue weighted by Crippen LogP contribution is -2.46. The van der Waals surface area contributed by atoms with E-state index in [9.17, 15) is 18.0 Å². The maximum atomic E-state index is 12.3. The Labute approximate surface area is 114 Å². The minimum atomic E-state index is -4.81. The van der Waals surface area contributed by atoms with Crippen molar-refractivity contribution >= 4 is 14.2 Å². The van der Waals surface area contributed by atoms with Crippen molar-refractivity contribution in [3.63, 3.8) is 0 Å². The Hall–Kier alpha value is -0.563. The first-order valence-corrected chi connectivity index (χ1v) is 9.24. The fourth-order valence-corrected chi connectivity index (χ4v) is 2.24. The van der Waals surface area contributed by atoms with Gasteiger partial charge in [0.25, 0.3) is 0 Å². The van der Waals surface area contributed by atoms with Gasteiger partial charge in [-0.1, -0.05) is 20.8 Å². The van der Waals surface area contributed by atoms with E-state index < -0.39 is 20.4 Å². The molecule has 0 saturated carbocycles. The lowest BCUT2D eigenvalue weighted by atomic mass is 10.2. The molecule has 0 aromatic rings. The van der Waals surface area contributed by atoms with Crippen molar-refractivity contribution in [2.45, 2.75) is 52.0 Å². The zero-order valence-corrected chi connectivity index (χ0v) is 13.5. The fraction of sp³-hybridized carbons (Fsp3) is 0.917. The Balaban J connectivity index is 4.44. The summed E-state index contributed by atoms with van der Waals surface area (Å²) in [7, 11) is -1.98. The van der Waals surface area contributed by atoms with E-state index in [0.717, 1.165) is 4.90 Å². The number of nitrogens with zero attached hydrogens (tertiary/aromatic N) is 1. The first-order valence-electron chi connectivity index (χ1n) is 6.33. The van der Waals surface area contributed by atoms with E-state index in [1.54, 1.807) is 0 Å². The summed E-state index contributed by atoms with van der Waals surface area (Å²) in [5.74, 6) is -1.80. The topological polar surface area (TPSA) is 29.5 Å². The molecule has 0 fully saturated rings. The Morgan fingerprint density at radius 2 is 1.68 bits per heavy atom. The van der Waals surface area contributed by atoms with Gasteiger partial charge in [0, 0.05) is 13.1 Å². The van der Waals surface area contributed by atoms with Crippen LogP contribution in [0.25, 0.3) is 0 Å². The summed E-state index contributed by atoms with van der Waals surface area (Å²) in [6, 6.07) is 0. The maximum Gasteiger partial charge on any atom is 0.471 e. The summed E-state index contributed by atoms with van der Waals surface area (Å²) in [6.45, 7) is 11.9. The molecule has 0 atom stereocenters. The third-order valence-electron chi connectivity index (χ3n) is 3.54. The number of likely N-dealkylation sites (N-methyl/N-ethyl adjacent to an activating group) is 1. The minimum Gasteiger partial charge on any atom is -0.415 e. The van der Waals surface area contributed by atoms with Gasteiger partial charge in [-0.3, -0.25) is 4.79 Å². The maximum absolute atomic E-state index is 12.3. The molecule has 0 aromatic carbocycles. The highest BCUT2D eigenvalue weighted by Crippen LogP contribution is 2.36. The molecule has 0 heterocycles. The quantitative estimate of drug-likeness (QED) is 0.728. The van der Waals surface area contributed by atoms with Crippen molar-refractivity contribution in [3.05, 3.63) is 0 Å². The fourth-order valence-electron chi connectivity index (χ4n) is 1.21. The van der Waals surface area contributed by atoms with E-state index in [0.29, 0.717) is 0 Å². The molecule has 0 saturated heterocycles. The Kier molecular flexibility index (Phi) is 6.07. The van der Waals surface area contributed by atoms with Crippen LogP contribution < -0.4 is 0 Å². The van der Waals surface area contributed by atoms with Crippen LogP contribution in [0.5, 0.6) is 0 Å². The number of alkyl halides is 3. The predicted molar refractivity (Wildman–Crippen MR) is 71.5 cm³/mol. The van der Waals surface area contributed by atoms with Crippen molar-refractivity contribution in [3.8, 4) is 0 Å². The first kappa shape index (κ1) is 18.4. The van der Waals surface area contributed by atoms with Crippen LogP contribution in [0.2, 0.25) is 18.1 Å². The Morgan fingerprint density at radius 3 is 2.00 bits per heavy atom. The average Bonchev–Trinajstić information content (AvgIpc) is 2.20. The number of amides is 1. The van der Waals surface area contributed by atoms with E-state index in [1.165, 1.54) is 6.92 Å². The number of carbonyl (C=O) groups excluding carboxylic acids is 1. The molecule has 0 unspecified atom stereocenters. The van der Waals surface area contributed by atoms with Crippen molar-refractivity contribution in [1.29, 1.82) is 0 Å². The van der Waals surface area contributed by atoms with Crippen LogP contribution in [-0.4, -0.2) is 45.0 Å². The zero-order valence-electron chi connectivity index (χ0n) is 12.5. The highest BCUT2D eigenvalue weighted by Gasteiger charge is 2.42. The number of carbonyl (C=O) groups is 1. The van der Waals surface area contributed by atoms with E-state index in [-0.39, 0.29) is 24.7 Å². The minimum absolute atomic E-state index is 0.00190. The molecular formula is C12H24F3NO2Si. The Bertz CT molecular complexity index is 311. The van der Waals surface area contributed by atoms with Crippen LogP contribution in [0.4, 0.5) is 13.2 Å². The van der Waals surface area contributed by atoms with Crippen LogP contribution in [0.3, 0.4) is 0 Å². The van der Waals surface area contributed by atoms with Crippen molar-refractivity contribution in [1.82, 2.24) is 4.90 Å². The van der Waals surface area contributed by atoms with E-state index in [1.807, 2.05) is 13.1 Å². The summed E-state index contributed by atoms with van der Waals surface area (Å²) in [5, 5.41) is -0.00190. The molecule has 0 spiro atoms. The van der Waals surface area contributed by atoms with E-state index in [2.05, 4.69) is 20.8 Å². The van der Waals surface area contributed by atoms with Crippen molar-refractivity contribution < 1.29 is 22.4 Å². The third kappa shape index (κ3) is 5.52. The second-order valence-corrected chi connectivity index (χ2v) is 10.8. The van der Waals surface area contributed by atoms with Gasteiger partial charge in [-0.15, -0.1) is 0 Å². The van der Waals surface area contributed by atoms with E-state index >= 15 is 0 Å². The highest BCUT2D eigenvalue weighted by molar-refractivity contribution is 6.74. The van der Waals surface area contributed by atoms with Crippen LogP contribution in [0.1, 0.15) is 27.7 Å². The zero-order chi connectivity index (χ0) is 15.5. The predicted octanol–water partition coefficient (Wildman–Crippen LogP) is 3.42. The molecule has 0 bridgehead atoms. The van der Waals surface area contributed by atoms with Crippen molar-refractivity contribution in [2.75, 3.05) is 19.7 Å². The standard InChI is InChI=1S/C12H24F3NO2Si/c1-7-16(10(17)12(13,14)15)8-9-18-19(5,6)11(2,3)4/h7-9H2,1-6H3. The number of rotatable bonds is 5.